The largest absolute Gasteiger partial charge is 0.508 e. The summed E-state index contributed by atoms with van der Waals surface area (Å²) in [7, 11) is 0. The Morgan fingerprint density at radius 2 is 2.10 bits per heavy atom. The van der Waals surface area contributed by atoms with Crippen LogP contribution in [0.1, 0.15) is 21.5 Å². The molecule has 0 fully saturated rings. The van der Waals surface area contributed by atoms with Crippen LogP contribution in [0.5, 0.6) is 5.75 Å². The average molecular weight is 333 g/mol. The molecule has 5 heteroatoms. The highest BCUT2D eigenvalue weighted by atomic mass is 79.9. The Morgan fingerprint density at radius 3 is 2.80 bits per heavy atom. The molecule has 2 N–H and O–H groups in total. The summed E-state index contributed by atoms with van der Waals surface area (Å²) in [6.45, 7) is 1.95. The number of hydrogen-bond acceptors (Lipinski definition) is 3. The van der Waals surface area contributed by atoms with Crippen molar-refractivity contribution in [3.8, 4) is 5.75 Å². The van der Waals surface area contributed by atoms with Gasteiger partial charge in [0.1, 0.15) is 5.75 Å². The maximum absolute atomic E-state index is 11.9. The molecule has 0 bridgehead atoms. The zero-order valence-electron chi connectivity index (χ0n) is 10.8. The highest BCUT2D eigenvalue weighted by Crippen LogP contribution is 2.17. The summed E-state index contributed by atoms with van der Waals surface area (Å²) in [4.78, 5) is 11.9. The van der Waals surface area contributed by atoms with Gasteiger partial charge in [0.25, 0.3) is 5.91 Å². The number of phenols is 1. The molecule has 0 aliphatic rings. The summed E-state index contributed by atoms with van der Waals surface area (Å²) in [6, 6.07) is 11.9. The van der Waals surface area contributed by atoms with Gasteiger partial charge in [-0.2, -0.15) is 5.10 Å². The summed E-state index contributed by atoms with van der Waals surface area (Å²) in [6.07, 6.45) is 1.47. The van der Waals surface area contributed by atoms with Gasteiger partial charge in [-0.3, -0.25) is 4.79 Å². The molecule has 0 aliphatic heterocycles. The zero-order chi connectivity index (χ0) is 14.5. The number of aromatic hydroxyl groups is 1. The predicted molar refractivity (Wildman–Crippen MR) is 82.0 cm³/mol. The first-order valence-corrected chi connectivity index (χ1v) is 6.74. The normalized spacial score (nSPS) is 10.7. The number of carbonyl (C=O) groups excluding carboxylic acids is 1. The van der Waals surface area contributed by atoms with E-state index in [4.69, 9.17) is 0 Å². The van der Waals surface area contributed by atoms with E-state index in [2.05, 4.69) is 26.5 Å². The molecule has 0 atom stereocenters. The lowest BCUT2D eigenvalue weighted by Crippen LogP contribution is -2.17. The van der Waals surface area contributed by atoms with Crippen molar-refractivity contribution in [3.63, 3.8) is 0 Å². The van der Waals surface area contributed by atoms with Crippen molar-refractivity contribution in [1.29, 1.82) is 0 Å². The van der Waals surface area contributed by atoms with E-state index in [9.17, 15) is 9.90 Å². The van der Waals surface area contributed by atoms with Gasteiger partial charge >= 0.3 is 0 Å². The van der Waals surface area contributed by atoms with Crippen LogP contribution in [0.4, 0.5) is 0 Å². The van der Waals surface area contributed by atoms with Crippen molar-refractivity contribution in [1.82, 2.24) is 5.43 Å². The molecule has 0 saturated heterocycles. The van der Waals surface area contributed by atoms with E-state index >= 15 is 0 Å². The minimum Gasteiger partial charge on any atom is -0.508 e. The average Bonchev–Trinajstić information content (AvgIpc) is 2.42. The number of benzene rings is 2. The number of hydrogen-bond donors (Lipinski definition) is 2. The summed E-state index contributed by atoms with van der Waals surface area (Å²) in [5.74, 6) is -0.134. The number of hydrazone groups is 1. The fourth-order valence-corrected chi connectivity index (χ4v) is 1.95. The van der Waals surface area contributed by atoms with Crippen molar-refractivity contribution in [2.75, 3.05) is 0 Å². The molecule has 2 rings (SSSR count). The Labute approximate surface area is 125 Å². The SMILES string of the molecule is Cc1ccc(C(=O)N/N=C/c2cccc(O)c2)cc1Br. The highest BCUT2D eigenvalue weighted by molar-refractivity contribution is 9.10. The van der Waals surface area contributed by atoms with Crippen LogP contribution in [-0.2, 0) is 0 Å². The topological polar surface area (TPSA) is 61.7 Å². The molecule has 102 valence electrons. The molecule has 0 unspecified atom stereocenters. The number of carbonyl (C=O) groups is 1. The first-order chi connectivity index (χ1) is 9.56. The van der Waals surface area contributed by atoms with E-state index in [0.717, 1.165) is 10.0 Å². The fraction of sp³-hybridized carbons (Fsp3) is 0.0667. The lowest BCUT2D eigenvalue weighted by Gasteiger charge is -2.02. The van der Waals surface area contributed by atoms with Crippen LogP contribution < -0.4 is 5.43 Å². The quantitative estimate of drug-likeness (QED) is 0.669. The summed E-state index contributed by atoms with van der Waals surface area (Å²) < 4.78 is 0.877. The number of nitrogens with zero attached hydrogens (tertiary/aromatic N) is 1. The van der Waals surface area contributed by atoms with Gasteiger partial charge in [-0.15, -0.1) is 0 Å². The van der Waals surface area contributed by atoms with Gasteiger partial charge in [0, 0.05) is 10.0 Å². The Bertz CT molecular complexity index is 669. The van der Waals surface area contributed by atoms with Crippen LogP contribution >= 0.6 is 15.9 Å². The zero-order valence-corrected chi connectivity index (χ0v) is 12.4. The van der Waals surface area contributed by atoms with E-state index in [1.807, 2.05) is 13.0 Å². The van der Waals surface area contributed by atoms with Gasteiger partial charge in [0.05, 0.1) is 6.21 Å². The van der Waals surface area contributed by atoms with Crippen LogP contribution in [0.2, 0.25) is 0 Å². The van der Waals surface area contributed by atoms with E-state index < -0.39 is 0 Å². The first-order valence-electron chi connectivity index (χ1n) is 5.95. The molecular weight excluding hydrogens is 320 g/mol. The van der Waals surface area contributed by atoms with Crippen molar-refractivity contribution < 1.29 is 9.90 Å². The Hall–Kier alpha value is -2.14. The summed E-state index contributed by atoms with van der Waals surface area (Å²) >= 11 is 3.38. The van der Waals surface area contributed by atoms with Crippen molar-refractivity contribution in [2.45, 2.75) is 6.92 Å². The van der Waals surface area contributed by atoms with Gasteiger partial charge in [-0.05, 0) is 42.3 Å². The van der Waals surface area contributed by atoms with Gasteiger partial charge in [0.15, 0.2) is 0 Å². The van der Waals surface area contributed by atoms with Gasteiger partial charge < -0.3 is 5.11 Å². The number of aryl methyl sites for hydroxylation is 1. The smallest absolute Gasteiger partial charge is 0.271 e. The molecule has 0 heterocycles. The maximum Gasteiger partial charge on any atom is 0.271 e. The first kappa shape index (κ1) is 14.3. The van der Waals surface area contributed by atoms with Gasteiger partial charge in [-0.25, -0.2) is 5.43 Å². The van der Waals surface area contributed by atoms with Crippen molar-refractivity contribution in [2.24, 2.45) is 5.10 Å². The summed E-state index contributed by atoms with van der Waals surface area (Å²) in [5, 5.41) is 13.2. The molecule has 0 aliphatic carbocycles. The molecule has 0 saturated carbocycles. The van der Waals surface area contributed by atoms with Crippen molar-refractivity contribution >= 4 is 28.1 Å². The second-order valence-electron chi connectivity index (χ2n) is 4.26. The van der Waals surface area contributed by atoms with Gasteiger partial charge in [-0.1, -0.05) is 34.1 Å². The molecule has 20 heavy (non-hydrogen) atoms. The van der Waals surface area contributed by atoms with Crippen LogP contribution in [0.25, 0.3) is 0 Å². The third-order valence-corrected chi connectivity index (χ3v) is 3.54. The number of rotatable bonds is 3. The molecule has 0 radical (unpaired) electrons. The van der Waals surface area contributed by atoms with E-state index in [0.29, 0.717) is 11.1 Å². The van der Waals surface area contributed by atoms with E-state index in [1.54, 1.807) is 36.4 Å². The van der Waals surface area contributed by atoms with E-state index in [1.165, 1.54) is 6.21 Å². The molecule has 0 aromatic heterocycles. The lowest BCUT2D eigenvalue weighted by atomic mass is 10.1. The van der Waals surface area contributed by atoms with Crippen molar-refractivity contribution in [3.05, 3.63) is 63.6 Å². The minimum atomic E-state index is -0.290. The fourth-order valence-electron chi connectivity index (χ4n) is 1.57. The molecule has 1 amide bonds. The number of nitrogens with one attached hydrogen (secondary N) is 1. The van der Waals surface area contributed by atoms with Crippen LogP contribution in [0.15, 0.2) is 52.0 Å². The Morgan fingerprint density at radius 1 is 1.30 bits per heavy atom. The Kier molecular flexibility index (Phi) is 4.53. The van der Waals surface area contributed by atoms with E-state index in [-0.39, 0.29) is 11.7 Å². The monoisotopic (exact) mass is 332 g/mol. The number of phenolic OH excluding ortho intramolecular Hbond substituents is 1. The molecular formula is C15H13BrN2O2. The van der Waals surface area contributed by atoms with Crippen LogP contribution in [-0.4, -0.2) is 17.2 Å². The van der Waals surface area contributed by atoms with Crippen LogP contribution in [0.3, 0.4) is 0 Å². The standard InChI is InChI=1S/C15H13BrN2O2/c1-10-5-6-12(8-14(10)16)15(20)18-17-9-11-3-2-4-13(19)7-11/h2-9,19H,1H3,(H,18,20)/b17-9+. The van der Waals surface area contributed by atoms with Crippen LogP contribution in [0, 0.1) is 6.92 Å². The predicted octanol–water partition coefficient (Wildman–Crippen LogP) is 3.23. The molecule has 0 spiro atoms. The highest BCUT2D eigenvalue weighted by Gasteiger charge is 2.05. The third-order valence-electron chi connectivity index (χ3n) is 2.68. The lowest BCUT2D eigenvalue weighted by molar-refractivity contribution is 0.0955. The third kappa shape index (κ3) is 3.68. The second-order valence-corrected chi connectivity index (χ2v) is 5.11. The Balaban J connectivity index is 2.03. The number of amides is 1. The molecule has 4 nitrogen and oxygen atoms in total. The minimum absolute atomic E-state index is 0.155. The molecule has 2 aromatic carbocycles. The number of halogens is 1. The summed E-state index contributed by atoms with van der Waals surface area (Å²) in [5.41, 5.74) is 4.73. The molecule has 2 aromatic rings. The second kappa shape index (κ2) is 6.34. The maximum atomic E-state index is 11.9. The van der Waals surface area contributed by atoms with Gasteiger partial charge in [0.2, 0.25) is 0 Å².